The van der Waals surface area contributed by atoms with E-state index >= 15 is 0 Å². The number of rotatable bonds is 1. The van der Waals surface area contributed by atoms with Crippen LogP contribution in [0, 0.1) is 11.3 Å². The minimum atomic E-state index is -0.358. The van der Waals surface area contributed by atoms with Gasteiger partial charge in [0, 0.05) is 0 Å². The van der Waals surface area contributed by atoms with Gasteiger partial charge in [0.2, 0.25) is 5.91 Å². The molecule has 1 aliphatic rings. The highest BCUT2D eigenvalue weighted by Crippen LogP contribution is 2.22. The van der Waals surface area contributed by atoms with Crippen LogP contribution in [0.3, 0.4) is 0 Å². The van der Waals surface area contributed by atoms with Gasteiger partial charge in [-0.15, -0.1) is 0 Å². The fourth-order valence-electron chi connectivity index (χ4n) is 1.27. The first kappa shape index (κ1) is 8.44. The molecule has 6 nitrogen and oxygen atoms in total. The van der Waals surface area contributed by atoms with Crippen LogP contribution in [0.5, 0.6) is 0 Å². The first-order valence-corrected chi connectivity index (χ1v) is 3.89. The number of Topliss-reactive ketones (excluding diaryl/α,β-unsaturated/α-hetero) is 1. The molecule has 1 aliphatic heterocycles. The van der Waals surface area contributed by atoms with E-state index in [-0.39, 0.29) is 36.1 Å². The summed E-state index contributed by atoms with van der Waals surface area (Å²) < 4.78 is 4.74. The van der Waals surface area contributed by atoms with Crippen LogP contribution in [0.2, 0.25) is 0 Å². The monoisotopic (exact) mass is 191 g/mol. The Morgan fingerprint density at radius 3 is 2.93 bits per heavy atom. The van der Waals surface area contributed by atoms with E-state index in [0.29, 0.717) is 0 Å². The van der Waals surface area contributed by atoms with Gasteiger partial charge in [-0.2, -0.15) is 5.26 Å². The van der Waals surface area contributed by atoms with Gasteiger partial charge in [0.25, 0.3) is 5.88 Å². The Hall–Kier alpha value is -2.16. The highest BCUT2D eigenvalue weighted by molar-refractivity contribution is 6.14. The topological polar surface area (TPSA) is 87.2 Å². The lowest BCUT2D eigenvalue weighted by Crippen LogP contribution is -2.24. The van der Waals surface area contributed by atoms with Crippen molar-refractivity contribution in [2.24, 2.45) is 0 Å². The second-order valence-electron chi connectivity index (χ2n) is 2.85. The van der Waals surface area contributed by atoms with Crippen LogP contribution in [0.4, 0.5) is 5.88 Å². The van der Waals surface area contributed by atoms with Gasteiger partial charge in [-0.3, -0.25) is 14.5 Å². The summed E-state index contributed by atoms with van der Waals surface area (Å²) in [4.78, 5) is 23.3. The Kier molecular flexibility index (Phi) is 1.78. The van der Waals surface area contributed by atoms with E-state index in [1.54, 1.807) is 0 Å². The summed E-state index contributed by atoms with van der Waals surface area (Å²) in [6.45, 7) is -0.0390. The fourth-order valence-corrected chi connectivity index (χ4v) is 1.27. The zero-order chi connectivity index (χ0) is 10.1. The Morgan fingerprint density at radius 2 is 2.36 bits per heavy atom. The Labute approximate surface area is 78.7 Å². The average Bonchev–Trinajstić information content (AvgIpc) is 2.71. The quantitative estimate of drug-likeness (QED) is 0.576. The van der Waals surface area contributed by atoms with Crippen LogP contribution < -0.4 is 4.90 Å². The molecule has 0 atom stereocenters. The largest absolute Gasteiger partial charge is 0.337 e. The summed E-state index contributed by atoms with van der Waals surface area (Å²) >= 11 is 0. The number of nitrogens with zero attached hydrogens (tertiary/aromatic N) is 3. The molecule has 2 rings (SSSR count). The number of hydrogen-bond acceptors (Lipinski definition) is 5. The Balaban J connectivity index is 2.37. The summed E-state index contributed by atoms with van der Waals surface area (Å²) in [6, 6.07) is 1.83. The third-order valence-electron chi connectivity index (χ3n) is 1.90. The van der Waals surface area contributed by atoms with E-state index in [2.05, 4.69) is 5.16 Å². The van der Waals surface area contributed by atoms with Crippen LogP contribution in [-0.4, -0.2) is 23.4 Å². The Bertz CT molecular complexity index is 443. The average molecular weight is 191 g/mol. The number of hydrogen-bond donors (Lipinski definition) is 0. The molecule has 0 radical (unpaired) electrons. The van der Waals surface area contributed by atoms with Crippen molar-refractivity contribution in [3.8, 4) is 6.07 Å². The number of ketones is 1. The summed E-state index contributed by atoms with van der Waals surface area (Å²) in [5.41, 5.74) is 0.160. The van der Waals surface area contributed by atoms with Crippen LogP contribution in [0.15, 0.2) is 10.7 Å². The molecule has 1 fully saturated rings. The first-order valence-electron chi connectivity index (χ1n) is 3.89. The van der Waals surface area contributed by atoms with Crippen molar-refractivity contribution in [1.82, 2.24) is 5.16 Å². The fraction of sp³-hybridized carbons (Fsp3) is 0.250. The van der Waals surface area contributed by atoms with E-state index < -0.39 is 0 Å². The van der Waals surface area contributed by atoms with Crippen LogP contribution >= 0.6 is 0 Å². The molecule has 0 saturated carbocycles. The molecule has 0 aromatic carbocycles. The maximum absolute atomic E-state index is 11.3. The lowest BCUT2D eigenvalue weighted by atomic mass is 10.3. The maximum Gasteiger partial charge on any atom is 0.252 e. The molecule has 1 amide bonds. The summed E-state index contributed by atoms with van der Waals surface area (Å²) in [5.74, 6) is -0.484. The second-order valence-corrected chi connectivity index (χ2v) is 2.85. The SMILES string of the molecule is N#Cc1cnoc1N1CC(=O)CC1=O. The van der Waals surface area contributed by atoms with Crippen molar-refractivity contribution in [1.29, 1.82) is 5.26 Å². The van der Waals surface area contributed by atoms with E-state index in [1.165, 1.54) is 6.20 Å². The molecular formula is C8H5N3O3. The molecule has 0 spiro atoms. The van der Waals surface area contributed by atoms with Crippen molar-refractivity contribution in [2.75, 3.05) is 11.4 Å². The molecule has 0 N–H and O–H groups in total. The van der Waals surface area contributed by atoms with Gasteiger partial charge in [-0.25, -0.2) is 0 Å². The predicted molar refractivity (Wildman–Crippen MR) is 43.2 cm³/mol. The number of aromatic nitrogens is 1. The van der Waals surface area contributed by atoms with Crippen molar-refractivity contribution in [3.05, 3.63) is 11.8 Å². The molecule has 14 heavy (non-hydrogen) atoms. The van der Waals surface area contributed by atoms with Crippen molar-refractivity contribution >= 4 is 17.6 Å². The third-order valence-corrected chi connectivity index (χ3v) is 1.90. The predicted octanol–water partition coefficient (Wildman–Crippen LogP) is -0.148. The normalized spacial score (nSPS) is 16.1. The van der Waals surface area contributed by atoms with Gasteiger partial charge in [0.15, 0.2) is 5.78 Å². The van der Waals surface area contributed by atoms with Gasteiger partial charge in [0.05, 0.1) is 19.2 Å². The first-order chi connectivity index (χ1) is 6.72. The number of nitriles is 1. The summed E-state index contributed by atoms with van der Waals surface area (Å²) in [7, 11) is 0. The summed E-state index contributed by atoms with van der Waals surface area (Å²) in [5, 5.41) is 12.0. The van der Waals surface area contributed by atoms with Crippen molar-refractivity contribution in [2.45, 2.75) is 6.42 Å². The lowest BCUT2D eigenvalue weighted by Gasteiger charge is -2.08. The molecule has 1 aromatic heterocycles. The van der Waals surface area contributed by atoms with Crippen molar-refractivity contribution in [3.63, 3.8) is 0 Å². The molecular weight excluding hydrogens is 186 g/mol. The smallest absolute Gasteiger partial charge is 0.252 e. The molecule has 1 aromatic rings. The highest BCUT2D eigenvalue weighted by Gasteiger charge is 2.32. The maximum atomic E-state index is 11.3. The molecule has 6 heteroatoms. The van der Waals surface area contributed by atoms with Crippen LogP contribution in [-0.2, 0) is 9.59 Å². The lowest BCUT2D eigenvalue weighted by molar-refractivity contribution is -0.121. The molecule has 1 saturated heterocycles. The van der Waals surface area contributed by atoms with E-state index in [1.807, 2.05) is 6.07 Å². The number of anilines is 1. The molecule has 2 heterocycles. The minimum Gasteiger partial charge on any atom is -0.337 e. The van der Waals surface area contributed by atoms with E-state index in [4.69, 9.17) is 9.78 Å². The van der Waals surface area contributed by atoms with Crippen LogP contribution in [0.1, 0.15) is 12.0 Å². The molecule has 0 aliphatic carbocycles. The van der Waals surface area contributed by atoms with Gasteiger partial charge in [-0.1, -0.05) is 5.16 Å². The van der Waals surface area contributed by atoms with Gasteiger partial charge in [-0.05, 0) is 0 Å². The third kappa shape index (κ3) is 1.15. The molecule has 0 bridgehead atoms. The zero-order valence-corrected chi connectivity index (χ0v) is 7.06. The summed E-state index contributed by atoms with van der Waals surface area (Å²) in [6.07, 6.45) is 1.08. The standard InChI is InChI=1S/C8H5N3O3/c9-2-5-3-10-14-8(5)11-4-6(12)1-7(11)13/h3H,1,4H2. The van der Waals surface area contributed by atoms with Gasteiger partial charge >= 0.3 is 0 Å². The van der Waals surface area contributed by atoms with E-state index in [9.17, 15) is 9.59 Å². The van der Waals surface area contributed by atoms with E-state index in [0.717, 1.165) is 4.90 Å². The number of amides is 1. The van der Waals surface area contributed by atoms with Crippen LogP contribution in [0.25, 0.3) is 0 Å². The van der Waals surface area contributed by atoms with Gasteiger partial charge in [0.1, 0.15) is 11.6 Å². The number of carbonyl (C=O) groups excluding carboxylic acids is 2. The Morgan fingerprint density at radius 1 is 1.57 bits per heavy atom. The highest BCUT2D eigenvalue weighted by atomic mass is 16.5. The van der Waals surface area contributed by atoms with Crippen molar-refractivity contribution < 1.29 is 14.1 Å². The second kappa shape index (κ2) is 2.96. The molecule has 0 unspecified atom stereocenters. The zero-order valence-electron chi connectivity index (χ0n) is 7.06. The molecule has 70 valence electrons. The van der Waals surface area contributed by atoms with Gasteiger partial charge < -0.3 is 4.52 Å². The minimum absolute atomic E-state index is 0.0390. The number of carbonyl (C=O) groups is 2.